The van der Waals surface area contributed by atoms with Gasteiger partial charge in [0.15, 0.2) is 0 Å². The topological polar surface area (TPSA) is 95.9 Å². The van der Waals surface area contributed by atoms with Crippen LogP contribution in [0, 0.1) is 0 Å². The maximum absolute atomic E-state index is 11.8. The number of nitrogens with one attached hydrogen (secondary N) is 1. The molecular formula is C12H20N2O5. The molecule has 0 unspecified atom stereocenters. The molecule has 2 amide bonds. The molecule has 0 fully saturated rings. The smallest absolute Gasteiger partial charge is 0.326 e. The number of esters is 1. The quantitative estimate of drug-likeness (QED) is 0.498. The van der Waals surface area contributed by atoms with Crippen molar-refractivity contribution in [2.24, 2.45) is 0 Å². The molecule has 0 aliphatic carbocycles. The van der Waals surface area contributed by atoms with Gasteiger partial charge < -0.3 is 20.1 Å². The van der Waals surface area contributed by atoms with Gasteiger partial charge in [-0.3, -0.25) is 4.79 Å². The van der Waals surface area contributed by atoms with Gasteiger partial charge >= 0.3 is 18.0 Å². The number of urea groups is 1. The van der Waals surface area contributed by atoms with Crippen molar-refractivity contribution in [1.82, 2.24) is 10.2 Å². The molecule has 0 spiro atoms. The standard InChI is InChI=1S/C12H20N2O5/c1-4-8-14(5-2)12(18)13-9(11(16)17)6-7-10(15)19-3/h4,9H,1,5-8H2,2-3H3,(H,13,18)(H,16,17)/t9-/m0/s1. The summed E-state index contributed by atoms with van der Waals surface area (Å²) < 4.78 is 4.42. The summed E-state index contributed by atoms with van der Waals surface area (Å²) in [6.07, 6.45) is 1.47. The van der Waals surface area contributed by atoms with Gasteiger partial charge in [-0.05, 0) is 13.3 Å². The van der Waals surface area contributed by atoms with Crippen LogP contribution < -0.4 is 5.32 Å². The Bertz CT molecular complexity index is 343. The fourth-order valence-electron chi connectivity index (χ4n) is 1.37. The van der Waals surface area contributed by atoms with Crippen LogP contribution in [0.15, 0.2) is 12.7 Å². The van der Waals surface area contributed by atoms with Gasteiger partial charge in [0.05, 0.1) is 7.11 Å². The van der Waals surface area contributed by atoms with E-state index in [0.29, 0.717) is 13.1 Å². The monoisotopic (exact) mass is 272 g/mol. The van der Waals surface area contributed by atoms with E-state index in [1.165, 1.54) is 12.0 Å². The number of carboxylic acid groups (broad SMARTS) is 1. The normalized spacial score (nSPS) is 11.3. The van der Waals surface area contributed by atoms with Crippen LogP contribution in [0.5, 0.6) is 0 Å². The van der Waals surface area contributed by atoms with Gasteiger partial charge in [-0.25, -0.2) is 9.59 Å². The van der Waals surface area contributed by atoms with Crippen molar-refractivity contribution in [2.75, 3.05) is 20.2 Å². The number of hydrogen-bond acceptors (Lipinski definition) is 4. The first kappa shape index (κ1) is 16.9. The summed E-state index contributed by atoms with van der Waals surface area (Å²) in [6.45, 7) is 6.04. The van der Waals surface area contributed by atoms with Crippen LogP contribution in [-0.2, 0) is 14.3 Å². The van der Waals surface area contributed by atoms with E-state index >= 15 is 0 Å². The first-order chi connectivity index (χ1) is 8.96. The summed E-state index contributed by atoms with van der Waals surface area (Å²) in [6, 6.07) is -1.62. The largest absolute Gasteiger partial charge is 0.480 e. The second-order valence-electron chi connectivity index (χ2n) is 3.78. The van der Waals surface area contributed by atoms with E-state index in [0.717, 1.165) is 0 Å². The zero-order chi connectivity index (χ0) is 14.8. The van der Waals surface area contributed by atoms with Crippen LogP contribution in [0.3, 0.4) is 0 Å². The Kier molecular flexibility index (Phi) is 7.99. The van der Waals surface area contributed by atoms with Gasteiger partial charge in [0.25, 0.3) is 0 Å². The van der Waals surface area contributed by atoms with Crippen LogP contribution in [0.2, 0.25) is 0 Å². The van der Waals surface area contributed by atoms with E-state index in [2.05, 4.69) is 16.6 Å². The predicted octanol–water partition coefficient (Wildman–Crippen LogP) is 0.610. The number of carbonyl (C=O) groups excluding carboxylic acids is 2. The Morgan fingerprint density at radius 1 is 1.47 bits per heavy atom. The van der Waals surface area contributed by atoms with Gasteiger partial charge in [0.1, 0.15) is 6.04 Å². The van der Waals surface area contributed by atoms with Gasteiger partial charge in [0.2, 0.25) is 0 Å². The molecule has 7 heteroatoms. The van der Waals surface area contributed by atoms with Crippen LogP contribution in [0.25, 0.3) is 0 Å². The van der Waals surface area contributed by atoms with E-state index in [1.807, 2.05) is 0 Å². The van der Waals surface area contributed by atoms with Crippen molar-refractivity contribution in [3.8, 4) is 0 Å². The summed E-state index contributed by atoms with van der Waals surface area (Å²) in [5.74, 6) is -1.70. The molecule has 19 heavy (non-hydrogen) atoms. The molecule has 7 nitrogen and oxygen atoms in total. The Morgan fingerprint density at radius 2 is 2.11 bits per heavy atom. The molecule has 0 heterocycles. The lowest BCUT2D eigenvalue weighted by Gasteiger charge is -2.22. The number of rotatable bonds is 8. The number of hydrogen-bond donors (Lipinski definition) is 2. The molecule has 0 bridgehead atoms. The van der Waals surface area contributed by atoms with Crippen LogP contribution >= 0.6 is 0 Å². The lowest BCUT2D eigenvalue weighted by atomic mass is 10.1. The highest BCUT2D eigenvalue weighted by Crippen LogP contribution is 2.01. The Hall–Kier alpha value is -2.05. The molecule has 0 aromatic carbocycles. The van der Waals surface area contributed by atoms with Crippen LogP contribution in [-0.4, -0.2) is 54.2 Å². The number of amides is 2. The number of likely N-dealkylation sites (N-methyl/N-ethyl adjacent to an activating group) is 1. The molecular weight excluding hydrogens is 252 g/mol. The lowest BCUT2D eigenvalue weighted by molar-refractivity contribution is -0.142. The first-order valence-corrected chi connectivity index (χ1v) is 5.92. The highest BCUT2D eigenvalue weighted by Gasteiger charge is 2.23. The molecule has 0 aromatic heterocycles. The molecule has 0 saturated heterocycles. The third-order valence-corrected chi connectivity index (χ3v) is 2.48. The number of carboxylic acids is 1. The van der Waals surface area contributed by atoms with E-state index in [9.17, 15) is 14.4 Å². The second-order valence-corrected chi connectivity index (χ2v) is 3.78. The van der Waals surface area contributed by atoms with E-state index in [1.54, 1.807) is 13.0 Å². The average molecular weight is 272 g/mol. The van der Waals surface area contributed by atoms with Gasteiger partial charge in [-0.1, -0.05) is 6.08 Å². The third kappa shape index (κ3) is 6.44. The maximum Gasteiger partial charge on any atom is 0.326 e. The summed E-state index contributed by atoms with van der Waals surface area (Å²) in [4.78, 5) is 35.1. The predicted molar refractivity (Wildman–Crippen MR) is 68.6 cm³/mol. The minimum atomic E-state index is -1.19. The Labute approximate surface area is 112 Å². The minimum absolute atomic E-state index is 0.0145. The second kappa shape index (κ2) is 8.96. The molecule has 0 aromatic rings. The Balaban J connectivity index is 4.48. The van der Waals surface area contributed by atoms with Crippen molar-refractivity contribution in [1.29, 1.82) is 0 Å². The number of nitrogens with zero attached hydrogens (tertiary/aromatic N) is 1. The highest BCUT2D eigenvalue weighted by atomic mass is 16.5. The van der Waals surface area contributed by atoms with Crippen LogP contribution in [0.4, 0.5) is 4.79 Å². The van der Waals surface area contributed by atoms with Gasteiger partial charge in [-0.15, -0.1) is 6.58 Å². The number of methoxy groups -OCH3 is 1. The van der Waals surface area contributed by atoms with E-state index in [-0.39, 0.29) is 12.8 Å². The van der Waals surface area contributed by atoms with E-state index < -0.39 is 24.0 Å². The van der Waals surface area contributed by atoms with Crippen molar-refractivity contribution in [3.63, 3.8) is 0 Å². The summed E-state index contributed by atoms with van der Waals surface area (Å²) >= 11 is 0. The molecule has 0 radical (unpaired) electrons. The van der Waals surface area contributed by atoms with Crippen molar-refractivity contribution < 1.29 is 24.2 Å². The summed E-state index contributed by atoms with van der Waals surface area (Å²) in [7, 11) is 1.22. The third-order valence-electron chi connectivity index (χ3n) is 2.48. The number of ether oxygens (including phenoxy) is 1. The maximum atomic E-state index is 11.8. The first-order valence-electron chi connectivity index (χ1n) is 5.92. The van der Waals surface area contributed by atoms with Crippen molar-refractivity contribution in [3.05, 3.63) is 12.7 Å². The van der Waals surface area contributed by atoms with Gasteiger partial charge in [-0.2, -0.15) is 0 Å². The fourth-order valence-corrected chi connectivity index (χ4v) is 1.37. The van der Waals surface area contributed by atoms with E-state index in [4.69, 9.17) is 5.11 Å². The molecule has 0 aliphatic rings. The number of aliphatic carboxylic acids is 1. The molecule has 0 rings (SSSR count). The fraction of sp³-hybridized carbons (Fsp3) is 0.583. The molecule has 0 aliphatic heterocycles. The molecule has 108 valence electrons. The van der Waals surface area contributed by atoms with Crippen molar-refractivity contribution in [2.45, 2.75) is 25.8 Å². The summed E-state index contributed by atoms with van der Waals surface area (Å²) in [5, 5.41) is 11.4. The Morgan fingerprint density at radius 3 is 2.53 bits per heavy atom. The molecule has 0 saturated carbocycles. The van der Waals surface area contributed by atoms with Gasteiger partial charge in [0, 0.05) is 19.5 Å². The zero-order valence-corrected chi connectivity index (χ0v) is 11.2. The molecule has 2 N–H and O–H groups in total. The highest BCUT2D eigenvalue weighted by molar-refractivity contribution is 5.83. The number of carbonyl (C=O) groups is 3. The minimum Gasteiger partial charge on any atom is -0.480 e. The van der Waals surface area contributed by atoms with Crippen molar-refractivity contribution >= 4 is 18.0 Å². The zero-order valence-electron chi connectivity index (χ0n) is 11.2. The summed E-state index contributed by atoms with van der Waals surface area (Å²) in [5.41, 5.74) is 0. The van der Waals surface area contributed by atoms with Crippen LogP contribution in [0.1, 0.15) is 19.8 Å². The lowest BCUT2D eigenvalue weighted by Crippen LogP contribution is -2.48. The molecule has 1 atom stereocenters. The average Bonchev–Trinajstić information content (AvgIpc) is 2.39. The SMILES string of the molecule is C=CCN(CC)C(=O)N[C@@H](CCC(=O)OC)C(=O)O.